The zero-order valence-electron chi connectivity index (χ0n) is 13.9. The maximum Gasteiger partial charge on any atom is 0.255 e. The van der Waals surface area contributed by atoms with Crippen LogP contribution in [0.5, 0.6) is 0 Å². The predicted molar refractivity (Wildman–Crippen MR) is 102 cm³/mol. The Hall–Kier alpha value is -2.91. The number of carbonyl (C=O) groups excluding carboxylic acids is 1. The van der Waals surface area contributed by atoms with Gasteiger partial charge < -0.3 is 11.1 Å². The Balaban J connectivity index is 1.44. The van der Waals surface area contributed by atoms with Gasteiger partial charge in [0.2, 0.25) is 0 Å². The SMILES string of the molecule is N[C@@H]1C[C@H]1c1ccc(NC(=O)c2ccc(-c3ccccc3)cc2)cc1. The van der Waals surface area contributed by atoms with Crippen LogP contribution in [0.4, 0.5) is 5.69 Å². The second-order valence-corrected chi connectivity index (χ2v) is 6.53. The van der Waals surface area contributed by atoms with E-state index in [1.165, 1.54) is 5.56 Å². The topological polar surface area (TPSA) is 55.1 Å². The highest BCUT2D eigenvalue weighted by Crippen LogP contribution is 2.39. The van der Waals surface area contributed by atoms with Crippen LogP contribution in [0.3, 0.4) is 0 Å². The summed E-state index contributed by atoms with van der Waals surface area (Å²) in [6.45, 7) is 0. The molecular formula is C22H20N2O. The molecule has 0 bridgehead atoms. The fourth-order valence-corrected chi connectivity index (χ4v) is 3.06. The highest BCUT2D eigenvalue weighted by atomic mass is 16.1. The van der Waals surface area contributed by atoms with E-state index in [4.69, 9.17) is 5.73 Å². The Morgan fingerprint density at radius 3 is 2.04 bits per heavy atom. The Morgan fingerprint density at radius 1 is 0.840 bits per heavy atom. The number of amides is 1. The van der Waals surface area contributed by atoms with Crippen LogP contribution in [0.25, 0.3) is 11.1 Å². The number of benzene rings is 3. The minimum atomic E-state index is -0.101. The van der Waals surface area contributed by atoms with Crippen molar-refractivity contribution in [1.29, 1.82) is 0 Å². The van der Waals surface area contributed by atoms with Gasteiger partial charge in [0.1, 0.15) is 0 Å². The maximum absolute atomic E-state index is 12.4. The highest BCUT2D eigenvalue weighted by Gasteiger charge is 2.34. The quantitative estimate of drug-likeness (QED) is 0.745. The molecule has 0 unspecified atom stereocenters. The van der Waals surface area contributed by atoms with E-state index in [1.54, 1.807) is 0 Å². The van der Waals surface area contributed by atoms with Gasteiger partial charge in [-0.05, 0) is 47.4 Å². The van der Waals surface area contributed by atoms with Crippen molar-refractivity contribution in [1.82, 2.24) is 0 Å². The predicted octanol–water partition coefficient (Wildman–Crippen LogP) is 4.42. The molecule has 1 aliphatic rings. The molecule has 3 N–H and O–H groups in total. The van der Waals surface area contributed by atoms with Crippen molar-refractivity contribution < 1.29 is 4.79 Å². The lowest BCUT2D eigenvalue weighted by Crippen LogP contribution is -2.11. The van der Waals surface area contributed by atoms with Gasteiger partial charge in [0, 0.05) is 23.2 Å². The van der Waals surface area contributed by atoms with E-state index < -0.39 is 0 Å². The molecule has 1 amide bonds. The Kier molecular flexibility index (Phi) is 4.08. The molecule has 0 spiro atoms. The van der Waals surface area contributed by atoms with E-state index in [0.717, 1.165) is 23.2 Å². The van der Waals surface area contributed by atoms with Crippen LogP contribution in [-0.2, 0) is 0 Å². The van der Waals surface area contributed by atoms with E-state index in [9.17, 15) is 4.79 Å². The van der Waals surface area contributed by atoms with E-state index in [1.807, 2.05) is 66.7 Å². The molecule has 4 rings (SSSR count). The van der Waals surface area contributed by atoms with Crippen LogP contribution in [0.1, 0.15) is 28.3 Å². The lowest BCUT2D eigenvalue weighted by atomic mass is 10.0. The molecule has 3 aromatic carbocycles. The number of rotatable bonds is 4. The molecule has 3 heteroatoms. The number of hydrogen-bond donors (Lipinski definition) is 2. The molecule has 1 saturated carbocycles. The van der Waals surface area contributed by atoms with E-state index in [-0.39, 0.29) is 5.91 Å². The fourth-order valence-electron chi connectivity index (χ4n) is 3.06. The summed E-state index contributed by atoms with van der Waals surface area (Å²) in [5.41, 5.74) is 10.8. The number of nitrogens with two attached hydrogens (primary N) is 1. The summed E-state index contributed by atoms with van der Waals surface area (Å²) >= 11 is 0. The van der Waals surface area contributed by atoms with Gasteiger partial charge in [-0.3, -0.25) is 4.79 Å². The second kappa shape index (κ2) is 6.54. The molecule has 0 aromatic heterocycles. The maximum atomic E-state index is 12.4. The first kappa shape index (κ1) is 15.6. The van der Waals surface area contributed by atoms with Crippen LogP contribution < -0.4 is 11.1 Å². The molecule has 0 aliphatic heterocycles. The average molecular weight is 328 g/mol. The molecule has 1 aliphatic carbocycles. The summed E-state index contributed by atoms with van der Waals surface area (Å²) in [6, 6.07) is 26.1. The van der Waals surface area contributed by atoms with Gasteiger partial charge in [-0.2, -0.15) is 0 Å². The molecule has 124 valence electrons. The van der Waals surface area contributed by atoms with E-state index >= 15 is 0 Å². The van der Waals surface area contributed by atoms with E-state index in [2.05, 4.69) is 17.4 Å². The first-order valence-corrected chi connectivity index (χ1v) is 8.53. The number of hydrogen-bond acceptors (Lipinski definition) is 2. The summed E-state index contributed by atoms with van der Waals surface area (Å²) in [4.78, 5) is 12.4. The Bertz CT molecular complexity index is 870. The molecule has 3 nitrogen and oxygen atoms in total. The second-order valence-electron chi connectivity index (χ2n) is 6.53. The summed E-state index contributed by atoms with van der Waals surface area (Å²) in [5, 5.41) is 2.95. The van der Waals surface area contributed by atoms with Gasteiger partial charge in [-0.15, -0.1) is 0 Å². The van der Waals surface area contributed by atoms with Crippen molar-refractivity contribution in [3.63, 3.8) is 0 Å². The smallest absolute Gasteiger partial charge is 0.255 e. The van der Waals surface area contributed by atoms with Crippen molar-refractivity contribution in [3.05, 3.63) is 90.0 Å². The largest absolute Gasteiger partial charge is 0.327 e. The van der Waals surface area contributed by atoms with E-state index in [0.29, 0.717) is 17.5 Å². The lowest BCUT2D eigenvalue weighted by Gasteiger charge is -2.08. The number of nitrogens with one attached hydrogen (secondary N) is 1. The van der Waals surface area contributed by atoms with Crippen molar-refractivity contribution in [2.45, 2.75) is 18.4 Å². The van der Waals surface area contributed by atoms with Crippen LogP contribution in [0.15, 0.2) is 78.9 Å². The average Bonchev–Trinajstić information content (AvgIpc) is 3.40. The number of anilines is 1. The van der Waals surface area contributed by atoms with Crippen LogP contribution in [-0.4, -0.2) is 11.9 Å². The monoisotopic (exact) mass is 328 g/mol. The molecule has 1 fully saturated rings. The third-order valence-corrected chi connectivity index (χ3v) is 4.69. The van der Waals surface area contributed by atoms with Crippen molar-refractivity contribution in [2.75, 3.05) is 5.32 Å². The first-order valence-electron chi connectivity index (χ1n) is 8.53. The van der Waals surface area contributed by atoms with Crippen LogP contribution in [0, 0.1) is 0 Å². The van der Waals surface area contributed by atoms with Crippen LogP contribution in [0.2, 0.25) is 0 Å². The minimum absolute atomic E-state index is 0.101. The molecule has 25 heavy (non-hydrogen) atoms. The summed E-state index contributed by atoms with van der Waals surface area (Å²) in [6.07, 6.45) is 1.06. The molecule has 0 radical (unpaired) electrons. The van der Waals surface area contributed by atoms with Crippen molar-refractivity contribution in [2.24, 2.45) is 5.73 Å². The third kappa shape index (κ3) is 3.47. The molecule has 3 aromatic rings. The van der Waals surface area contributed by atoms with Gasteiger partial charge in [-0.1, -0.05) is 54.6 Å². The highest BCUT2D eigenvalue weighted by molar-refractivity contribution is 6.04. The van der Waals surface area contributed by atoms with Crippen LogP contribution >= 0.6 is 0 Å². The minimum Gasteiger partial charge on any atom is -0.327 e. The Morgan fingerprint density at radius 2 is 1.44 bits per heavy atom. The standard InChI is InChI=1S/C22H20N2O/c23-21-14-20(21)17-10-12-19(13-11-17)24-22(25)18-8-6-16(7-9-18)15-4-2-1-3-5-15/h1-13,20-21H,14,23H2,(H,24,25)/t20-,21+/m0/s1. The molecular weight excluding hydrogens is 308 g/mol. The summed E-state index contributed by atoms with van der Waals surface area (Å²) in [5.74, 6) is 0.380. The third-order valence-electron chi connectivity index (χ3n) is 4.69. The van der Waals surface area contributed by atoms with Crippen molar-refractivity contribution in [3.8, 4) is 11.1 Å². The van der Waals surface area contributed by atoms with Crippen molar-refractivity contribution >= 4 is 11.6 Å². The van der Waals surface area contributed by atoms with Gasteiger partial charge >= 0.3 is 0 Å². The van der Waals surface area contributed by atoms with Gasteiger partial charge in [-0.25, -0.2) is 0 Å². The first-order chi connectivity index (χ1) is 12.2. The fraction of sp³-hybridized carbons (Fsp3) is 0.136. The zero-order valence-corrected chi connectivity index (χ0v) is 13.9. The lowest BCUT2D eigenvalue weighted by molar-refractivity contribution is 0.102. The van der Waals surface area contributed by atoms with Gasteiger partial charge in [0.25, 0.3) is 5.91 Å². The van der Waals surface area contributed by atoms with Gasteiger partial charge in [0.15, 0.2) is 0 Å². The normalized spacial score (nSPS) is 18.6. The summed E-state index contributed by atoms with van der Waals surface area (Å²) < 4.78 is 0. The molecule has 0 heterocycles. The molecule has 2 atom stereocenters. The van der Waals surface area contributed by atoms with Gasteiger partial charge in [0.05, 0.1) is 0 Å². The Labute approximate surface area is 147 Å². The molecule has 0 saturated heterocycles. The zero-order chi connectivity index (χ0) is 17.2. The summed E-state index contributed by atoms with van der Waals surface area (Å²) in [7, 11) is 0. The number of carbonyl (C=O) groups is 1.